The molecular weight excluding hydrogens is 370 g/mol. The fourth-order valence-corrected chi connectivity index (χ4v) is 4.92. The van der Waals surface area contributed by atoms with E-state index in [2.05, 4.69) is 23.5 Å². The number of nitrogens with one attached hydrogen (secondary N) is 2. The van der Waals surface area contributed by atoms with E-state index in [0.717, 1.165) is 42.9 Å². The van der Waals surface area contributed by atoms with Gasteiger partial charge in [0, 0.05) is 18.8 Å². The number of nitrogens with zero attached hydrogens (tertiary/aromatic N) is 1. The lowest BCUT2D eigenvalue weighted by molar-refractivity contribution is -0.897. The summed E-state index contributed by atoms with van der Waals surface area (Å²) < 4.78 is 6.85. The van der Waals surface area contributed by atoms with Gasteiger partial charge in [-0.25, -0.2) is 4.98 Å². The number of fused-ring (bicyclic) bond motifs is 1. The first-order valence-electron chi connectivity index (χ1n) is 9.93. The third kappa shape index (κ3) is 4.34. The molecule has 1 aromatic heterocycles. The third-order valence-electron chi connectivity index (χ3n) is 5.22. The van der Waals surface area contributed by atoms with Crippen LogP contribution in [0.5, 0.6) is 5.75 Å². The summed E-state index contributed by atoms with van der Waals surface area (Å²) in [5.74, 6) is 1.28. The number of carbonyl (C=O) groups is 1. The Balaban J connectivity index is 1.31. The predicted octanol–water partition coefficient (Wildman–Crippen LogP) is 3.10. The normalized spacial score (nSPS) is 19.5. The number of benzene rings is 2. The second-order valence-electron chi connectivity index (χ2n) is 7.20. The van der Waals surface area contributed by atoms with Crippen LogP contribution in [0, 0.1) is 0 Å². The number of ether oxygens (including phenoxy) is 1. The van der Waals surface area contributed by atoms with Gasteiger partial charge in [-0.2, -0.15) is 0 Å². The molecule has 0 aliphatic carbocycles. The second kappa shape index (κ2) is 8.71. The molecule has 2 N–H and O–H groups in total. The van der Waals surface area contributed by atoms with Gasteiger partial charge >= 0.3 is 0 Å². The number of thiazole rings is 1. The van der Waals surface area contributed by atoms with Crippen LogP contribution < -0.4 is 15.0 Å². The number of piperidine rings is 1. The molecule has 2 heterocycles. The molecule has 6 heteroatoms. The van der Waals surface area contributed by atoms with Crippen LogP contribution in [0.2, 0.25) is 0 Å². The van der Waals surface area contributed by atoms with Gasteiger partial charge in [-0.05, 0) is 31.2 Å². The molecule has 0 unspecified atom stereocenters. The van der Waals surface area contributed by atoms with Crippen molar-refractivity contribution in [1.29, 1.82) is 0 Å². The molecule has 5 nitrogen and oxygen atoms in total. The largest absolute Gasteiger partial charge is 0.492 e. The van der Waals surface area contributed by atoms with E-state index in [0.29, 0.717) is 19.1 Å². The Labute approximate surface area is 169 Å². The molecule has 0 bridgehead atoms. The molecular formula is C22H26N3O2S+. The van der Waals surface area contributed by atoms with E-state index >= 15 is 0 Å². The van der Waals surface area contributed by atoms with Gasteiger partial charge < -0.3 is 15.0 Å². The number of hydrogen-bond donors (Lipinski definition) is 2. The van der Waals surface area contributed by atoms with Crippen LogP contribution in [0.1, 0.15) is 30.7 Å². The van der Waals surface area contributed by atoms with Crippen molar-refractivity contribution < 1.29 is 14.4 Å². The van der Waals surface area contributed by atoms with E-state index in [-0.39, 0.29) is 5.91 Å². The number of anilines is 1. The molecule has 4 rings (SSSR count). The summed E-state index contributed by atoms with van der Waals surface area (Å²) in [5.41, 5.74) is 1.85. The zero-order chi connectivity index (χ0) is 19.3. The molecule has 146 valence electrons. The van der Waals surface area contributed by atoms with Crippen LogP contribution in [-0.2, 0) is 4.79 Å². The first-order chi connectivity index (χ1) is 13.7. The molecule has 1 saturated heterocycles. The number of rotatable bonds is 6. The van der Waals surface area contributed by atoms with Gasteiger partial charge in [0.25, 0.3) is 5.91 Å². The highest BCUT2D eigenvalue weighted by atomic mass is 32.1. The number of likely N-dealkylation sites (tertiary alicyclic amines) is 1. The molecule has 1 aliphatic heterocycles. The van der Waals surface area contributed by atoms with Gasteiger partial charge in [0.05, 0.1) is 40.6 Å². The van der Waals surface area contributed by atoms with Crippen LogP contribution in [0.15, 0.2) is 48.5 Å². The molecule has 3 aromatic rings. The first-order valence-corrected chi connectivity index (χ1v) is 10.8. The molecule has 0 saturated carbocycles. The Morgan fingerprint density at radius 2 is 1.93 bits per heavy atom. The Morgan fingerprint density at radius 1 is 1.18 bits per heavy atom. The molecule has 0 radical (unpaired) electrons. The maximum atomic E-state index is 12.5. The predicted molar refractivity (Wildman–Crippen MR) is 113 cm³/mol. The smallest absolute Gasteiger partial charge is 0.279 e. The summed E-state index contributed by atoms with van der Waals surface area (Å²) in [6.45, 7) is 5.02. The monoisotopic (exact) mass is 396 g/mol. The molecule has 0 spiro atoms. The van der Waals surface area contributed by atoms with Crippen LogP contribution in [0.25, 0.3) is 10.2 Å². The fraction of sp³-hybridized carbons (Fsp3) is 0.364. The minimum atomic E-state index is 0.0422. The number of para-hydroxylation sites is 3. The molecule has 1 aliphatic rings. The van der Waals surface area contributed by atoms with Crippen molar-refractivity contribution in [2.75, 3.05) is 31.6 Å². The minimum absolute atomic E-state index is 0.0422. The van der Waals surface area contributed by atoms with Gasteiger partial charge in [0.1, 0.15) is 5.75 Å². The van der Waals surface area contributed by atoms with Crippen LogP contribution >= 0.6 is 11.3 Å². The van der Waals surface area contributed by atoms with Gasteiger partial charge in [-0.3, -0.25) is 4.79 Å². The van der Waals surface area contributed by atoms with Crippen molar-refractivity contribution in [2.24, 2.45) is 0 Å². The van der Waals surface area contributed by atoms with Crippen LogP contribution in [-0.4, -0.2) is 37.1 Å². The number of quaternary nitrogens is 1. The lowest BCUT2D eigenvalue weighted by Crippen LogP contribution is -3.14. The van der Waals surface area contributed by atoms with Crippen molar-refractivity contribution in [3.05, 3.63) is 53.5 Å². The SMILES string of the molecule is CCOc1ccccc1NC(=O)C[NH+]1CCC(c2nc3ccccc3s2)CC1. The highest BCUT2D eigenvalue weighted by Crippen LogP contribution is 2.31. The molecule has 0 atom stereocenters. The zero-order valence-corrected chi connectivity index (χ0v) is 16.9. The van der Waals surface area contributed by atoms with Crippen LogP contribution in [0.3, 0.4) is 0 Å². The molecule has 28 heavy (non-hydrogen) atoms. The quantitative estimate of drug-likeness (QED) is 0.673. The summed E-state index contributed by atoms with van der Waals surface area (Å²) in [5, 5.41) is 4.25. The third-order valence-corrected chi connectivity index (χ3v) is 6.42. The first kappa shape index (κ1) is 18.9. The van der Waals surface area contributed by atoms with Gasteiger partial charge in [0.2, 0.25) is 0 Å². The molecule has 1 amide bonds. The van der Waals surface area contributed by atoms with E-state index in [4.69, 9.17) is 9.72 Å². The Morgan fingerprint density at radius 3 is 2.71 bits per heavy atom. The highest BCUT2D eigenvalue weighted by molar-refractivity contribution is 7.18. The van der Waals surface area contributed by atoms with E-state index < -0.39 is 0 Å². The van der Waals surface area contributed by atoms with Gasteiger partial charge in [-0.15, -0.1) is 11.3 Å². The maximum Gasteiger partial charge on any atom is 0.279 e. The zero-order valence-electron chi connectivity index (χ0n) is 16.1. The standard InChI is InChI=1S/C22H25N3O2S/c1-2-27-19-9-5-3-7-17(19)23-21(26)15-25-13-11-16(12-14-25)22-24-18-8-4-6-10-20(18)28-22/h3-10,16H,2,11-15H2,1H3,(H,23,26)/p+1. The Kier molecular flexibility index (Phi) is 5.88. The van der Waals surface area contributed by atoms with Crippen molar-refractivity contribution in [3.8, 4) is 5.75 Å². The van der Waals surface area contributed by atoms with E-state index in [1.54, 1.807) is 0 Å². The van der Waals surface area contributed by atoms with Crippen LogP contribution in [0.4, 0.5) is 5.69 Å². The van der Waals surface area contributed by atoms with E-state index in [1.807, 2.05) is 48.6 Å². The number of hydrogen-bond acceptors (Lipinski definition) is 4. The van der Waals surface area contributed by atoms with Crippen molar-refractivity contribution in [1.82, 2.24) is 4.98 Å². The number of aromatic nitrogens is 1. The summed E-state index contributed by atoms with van der Waals surface area (Å²) in [4.78, 5) is 18.7. The Hall–Kier alpha value is -2.44. The average Bonchev–Trinajstić information content (AvgIpc) is 3.14. The molecule has 1 fully saturated rings. The van der Waals surface area contributed by atoms with Crippen molar-refractivity contribution in [2.45, 2.75) is 25.7 Å². The molecule has 2 aromatic carbocycles. The van der Waals surface area contributed by atoms with E-state index in [1.165, 1.54) is 14.6 Å². The minimum Gasteiger partial charge on any atom is -0.492 e. The van der Waals surface area contributed by atoms with Gasteiger partial charge in [-0.1, -0.05) is 24.3 Å². The van der Waals surface area contributed by atoms with Crippen molar-refractivity contribution in [3.63, 3.8) is 0 Å². The van der Waals surface area contributed by atoms with Crippen molar-refractivity contribution >= 4 is 33.1 Å². The number of amides is 1. The lowest BCUT2D eigenvalue weighted by Gasteiger charge is -2.27. The average molecular weight is 397 g/mol. The lowest BCUT2D eigenvalue weighted by atomic mass is 9.97. The second-order valence-corrected chi connectivity index (χ2v) is 8.26. The topological polar surface area (TPSA) is 55.7 Å². The summed E-state index contributed by atoms with van der Waals surface area (Å²) in [6, 6.07) is 15.9. The Bertz CT molecular complexity index is 915. The maximum absolute atomic E-state index is 12.5. The van der Waals surface area contributed by atoms with E-state index in [9.17, 15) is 4.79 Å². The fourth-order valence-electron chi connectivity index (χ4n) is 3.79. The highest BCUT2D eigenvalue weighted by Gasteiger charge is 2.27. The summed E-state index contributed by atoms with van der Waals surface area (Å²) in [7, 11) is 0. The van der Waals surface area contributed by atoms with Gasteiger partial charge in [0.15, 0.2) is 6.54 Å². The summed E-state index contributed by atoms with van der Waals surface area (Å²) >= 11 is 1.81. The number of carbonyl (C=O) groups excluding carboxylic acids is 1. The summed E-state index contributed by atoms with van der Waals surface area (Å²) in [6.07, 6.45) is 2.16.